The quantitative estimate of drug-likeness (QED) is 0.465. The van der Waals surface area contributed by atoms with E-state index in [1.807, 2.05) is 49.4 Å². The molecular weight excluding hydrogens is 312 g/mol. The summed E-state index contributed by atoms with van der Waals surface area (Å²) in [5.74, 6) is -0.672. The zero-order valence-electron chi connectivity index (χ0n) is 14.6. The average Bonchev–Trinajstić information content (AvgIpc) is 3.08. The lowest BCUT2D eigenvalue weighted by atomic mass is 10.0. The molecule has 0 amide bonds. The predicted molar refractivity (Wildman–Crippen MR) is 98.6 cm³/mol. The molecule has 0 aromatic heterocycles. The lowest BCUT2D eigenvalue weighted by Crippen LogP contribution is -2.23. The highest BCUT2D eigenvalue weighted by Crippen LogP contribution is 2.23. The van der Waals surface area contributed by atoms with Crippen molar-refractivity contribution in [1.82, 2.24) is 0 Å². The molecular formula is C22H22O3. The molecule has 0 N–H and O–H groups in total. The van der Waals surface area contributed by atoms with Crippen LogP contribution in [0.5, 0.6) is 0 Å². The molecule has 0 radical (unpaired) electrons. The smallest absolute Gasteiger partial charge is 0.331 e. The molecule has 3 nitrogen and oxygen atoms in total. The van der Waals surface area contributed by atoms with Gasteiger partial charge in [0, 0.05) is 11.6 Å². The van der Waals surface area contributed by atoms with E-state index in [4.69, 9.17) is 4.74 Å². The van der Waals surface area contributed by atoms with E-state index >= 15 is 0 Å². The lowest BCUT2D eigenvalue weighted by Gasteiger charge is -2.12. The zero-order valence-corrected chi connectivity index (χ0v) is 14.6. The second-order valence-corrected chi connectivity index (χ2v) is 6.52. The number of esters is 1. The SMILES string of the molecule is Cc1ccc(C=CC(=O)OC(C)C(=O)c2ccc3c(c2)CCC3)cc1. The van der Waals surface area contributed by atoms with Crippen molar-refractivity contribution in [2.45, 2.75) is 39.2 Å². The maximum Gasteiger partial charge on any atom is 0.331 e. The van der Waals surface area contributed by atoms with Crippen LogP contribution in [0.15, 0.2) is 48.5 Å². The Morgan fingerprint density at radius 1 is 1.04 bits per heavy atom. The van der Waals surface area contributed by atoms with Gasteiger partial charge in [-0.2, -0.15) is 0 Å². The van der Waals surface area contributed by atoms with Crippen molar-refractivity contribution < 1.29 is 14.3 Å². The van der Waals surface area contributed by atoms with Gasteiger partial charge < -0.3 is 4.74 Å². The fraction of sp³-hybridized carbons (Fsp3) is 0.273. The van der Waals surface area contributed by atoms with Crippen LogP contribution >= 0.6 is 0 Å². The molecule has 0 saturated heterocycles. The minimum absolute atomic E-state index is 0.160. The summed E-state index contributed by atoms with van der Waals surface area (Å²) in [4.78, 5) is 24.4. The van der Waals surface area contributed by atoms with Crippen LogP contribution < -0.4 is 0 Å². The Morgan fingerprint density at radius 3 is 2.52 bits per heavy atom. The van der Waals surface area contributed by atoms with E-state index in [0.29, 0.717) is 5.56 Å². The number of aryl methyl sites for hydroxylation is 3. The van der Waals surface area contributed by atoms with Crippen LogP contribution in [0.2, 0.25) is 0 Å². The average molecular weight is 334 g/mol. The molecule has 25 heavy (non-hydrogen) atoms. The Kier molecular flexibility index (Phi) is 5.13. The van der Waals surface area contributed by atoms with Crippen LogP contribution in [0.1, 0.15) is 46.0 Å². The van der Waals surface area contributed by atoms with Crippen molar-refractivity contribution in [3.05, 3.63) is 76.4 Å². The van der Waals surface area contributed by atoms with Crippen LogP contribution in [0.25, 0.3) is 6.08 Å². The number of fused-ring (bicyclic) bond motifs is 1. The van der Waals surface area contributed by atoms with Crippen molar-refractivity contribution in [2.75, 3.05) is 0 Å². The molecule has 1 aliphatic rings. The molecule has 0 spiro atoms. The summed E-state index contributed by atoms with van der Waals surface area (Å²) in [6.45, 7) is 3.63. The Balaban J connectivity index is 1.61. The van der Waals surface area contributed by atoms with Crippen LogP contribution in [0.3, 0.4) is 0 Å². The van der Waals surface area contributed by atoms with Gasteiger partial charge in [0.25, 0.3) is 0 Å². The fourth-order valence-electron chi connectivity index (χ4n) is 3.07. The number of carbonyl (C=O) groups is 2. The van der Waals surface area contributed by atoms with Crippen LogP contribution in [0.4, 0.5) is 0 Å². The first-order chi connectivity index (χ1) is 12.0. The van der Waals surface area contributed by atoms with Gasteiger partial charge in [-0.3, -0.25) is 4.79 Å². The normalized spacial score (nSPS) is 14.3. The topological polar surface area (TPSA) is 43.4 Å². The van der Waals surface area contributed by atoms with E-state index in [-0.39, 0.29) is 5.78 Å². The first-order valence-electron chi connectivity index (χ1n) is 8.64. The number of Topliss-reactive ketones (excluding diaryl/α,β-unsaturated/α-hetero) is 1. The maximum atomic E-state index is 12.5. The fourth-order valence-corrected chi connectivity index (χ4v) is 3.07. The number of rotatable bonds is 5. The first kappa shape index (κ1) is 17.2. The summed E-state index contributed by atoms with van der Waals surface area (Å²) in [7, 11) is 0. The van der Waals surface area contributed by atoms with E-state index in [1.165, 1.54) is 17.2 Å². The van der Waals surface area contributed by atoms with Gasteiger partial charge in [0.05, 0.1) is 0 Å². The van der Waals surface area contributed by atoms with Gasteiger partial charge >= 0.3 is 5.97 Å². The summed E-state index contributed by atoms with van der Waals surface area (Å²) in [5.41, 5.74) is 5.25. The van der Waals surface area contributed by atoms with Gasteiger partial charge in [-0.25, -0.2) is 4.79 Å². The number of ketones is 1. The molecule has 2 aromatic carbocycles. The van der Waals surface area contributed by atoms with E-state index in [0.717, 1.165) is 30.4 Å². The minimum Gasteiger partial charge on any atom is -0.451 e. The van der Waals surface area contributed by atoms with Crippen molar-refractivity contribution in [1.29, 1.82) is 0 Å². The number of ether oxygens (including phenoxy) is 1. The summed E-state index contributed by atoms with van der Waals surface area (Å²) in [6, 6.07) is 13.6. The summed E-state index contributed by atoms with van der Waals surface area (Å²) < 4.78 is 5.26. The van der Waals surface area contributed by atoms with Crippen molar-refractivity contribution >= 4 is 17.8 Å². The lowest BCUT2D eigenvalue weighted by molar-refractivity contribution is -0.140. The Bertz CT molecular complexity index is 816. The third-order valence-corrected chi connectivity index (χ3v) is 4.53. The highest BCUT2D eigenvalue weighted by molar-refractivity contribution is 6.01. The monoisotopic (exact) mass is 334 g/mol. The molecule has 3 rings (SSSR count). The Labute approximate surface area is 148 Å². The van der Waals surface area contributed by atoms with Crippen LogP contribution in [-0.4, -0.2) is 17.9 Å². The number of hydrogen-bond donors (Lipinski definition) is 0. The second-order valence-electron chi connectivity index (χ2n) is 6.52. The molecule has 1 aliphatic carbocycles. The third-order valence-electron chi connectivity index (χ3n) is 4.53. The van der Waals surface area contributed by atoms with Gasteiger partial charge in [-0.05, 0) is 61.9 Å². The standard InChI is InChI=1S/C22H22O3/c1-15-6-8-17(9-7-15)10-13-21(23)25-16(2)22(24)20-12-11-18-4-3-5-19(18)14-20/h6-14,16H,3-5H2,1-2H3. The highest BCUT2D eigenvalue weighted by Gasteiger charge is 2.20. The molecule has 1 atom stereocenters. The van der Waals surface area contributed by atoms with E-state index in [1.54, 1.807) is 13.0 Å². The molecule has 2 aromatic rings. The molecule has 128 valence electrons. The Morgan fingerprint density at radius 2 is 1.76 bits per heavy atom. The minimum atomic E-state index is -0.797. The third kappa shape index (κ3) is 4.24. The molecule has 0 fully saturated rings. The summed E-state index contributed by atoms with van der Waals surface area (Å²) >= 11 is 0. The Hall–Kier alpha value is -2.68. The van der Waals surface area contributed by atoms with Gasteiger partial charge in [0.1, 0.15) is 0 Å². The van der Waals surface area contributed by atoms with Gasteiger partial charge in [-0.1, -0.05) is 42.0 Å². The van der Waals surface area contributed by atoms with Crippen LogP contribution in [-0.2, 0) is 22.4 Å². The van der Waals surface area contributed by atoms with Gasteiger partial charge in [0.15, 0.2) is 6.10 Å². The number of carbonyl (C=O) groups excluding carboxylic acids is 2. The predicted octanol–water partition coefficient (Wildman–Crippen LogP) is 4.31. The number of benzene rings is 2. The molecule has 3 heteroatoms. The van der Waals surface area contributed by atoms with Crippen molar-refractivity contribution in [3.8, 4) is 0 Å². The van der Waals surface area contributed by atoms with Crippen molar-refractivity contribution in [2.24, 2.45) is 0 Å². The molecule has 0 saturated carbocycles. The largest absolute Gasteiger partial charge is 0.451 e. The molecule has 0 aliphatic heterocycles. The van der Waals surface area contributed by atoms with E-state index in [2.05, 4.69) is 0 Å². The van der Waals surface area contributed by atoms with E-state index < -0.39 is 12.1 Å². The molecule has 1 unspecified atom stereocenters. The molecule has 0 heterocycles. The van der Waals surface area contributed by atoms with Gasteiger partial charge in [-0.15, -0.1) is 0 Å². The summed E-state index contributed by atoms with van der Waals surface area (Å²) in [5, 5.41) is 0. The van der Waals surface area contributed by atoms with Crippen LogP contribution in [0, 0.1) is 6.92 Å². The zero-order chi connectivity index (χ0) is 17.8. The van der Waals surface area contributed by atoms with Gasteiger partial charge in [0.2, 0.25) is 5.78 Å². The van der Waals surface area contributed by atoms with E-state index in [9.17, 15) is 9.59 Å². The highest BCUT2D eigenvalue weighted by atomic mass is 16.5. The first-order valence-corrected chi connectivity index (χ1v) is 8.64. The van der Waals surface area contributed by atoms with Crippen molar-refractivity contribution in [3.63, 3.8) is 0 Å². The summed E-state index contributed by atoms with van der Waals surface area (Å²) in [6.07, 6.45) is 5.49. The molecule has 0 bridgehead atoms. The maximum absolute atomic E-state index is 12.5. The second kappa shape index (κ2) is 7.47. The number of hydrogen-bond acceptors (Lipinski definition) is 3.